The van der Waals surface area contributed by atoms with Crippen molar-refractivity contribution < 1.29 is 9.34 Å². The molecule has 3 heterocycles. The minimum atomic E-state index is -0.386. The second-order valence-corrected chi connectivity index (χ2v) is 8.99. The molecule has 0 spiro atoms. The van der Waals surface area contributed by atoms with E-state index in [1.165, 1.54) is 11.3 Å². The number of nitro benzene ring substituents is 1. The van der Waals surface area contributed by atoms with Gasteiger partial charge in [0.25, 0.3) is 11.2 Å². The van der Waals surface area contributed by atoms with E-state index in [9.17, 15) is 14.9 Å². The lowest BCUT2D eigenvalue weighted by molar-refractivity contribution is -0.385. The van der Waals surface area contributed by atoms with E-state index in [-0.39, 0.29) is 16.2 Å². The summed E-state index contributed by atoms with van der Waals surface area (Å²) in [4.78, 5) is 29.1. The van der Waals surface area contributed by atoms with E-state index in [1.54, 1.807) is 35.6 Å². The number of hydrogen-bond acceptors (Lipinski definition) is 6. The number of hydrogen-bond donors (Lipinski definition) is 0. The second-order valence-electron chi connectivity index (χ2n) is 7.98. The van der Waals surface area contributed by atoms with Crippen LogP contribution in [0.3, 0.4) is 0 Å². The number of rotatable bonds is 3. The maximum Gasteiger partial charge on any atom is 0.275 e. The molecular formula is C24H19N3O4S. The van der Waals surface area contributed by atoms with Gasteiger partial charge in [0.1, 0.15) is 16.1 Å². The highest BCUT2D eigenvalue weighted by Crippen LogP contribution is 2.31. The van der Waals surface area contributed by atoms with Gasteiger partial charge in [-0.1, -0.05) is 11.3 Å². The van der Waals surface area contributed by atoms with Gasteiger partial charge in [0.2, 0.25) is 0 Å². The van der Waals surface area contributed by atoms with Gasteiger partial charge in [-0.15, -0.1) is 0 Å². The molecule has 0 aliphatic carbocycles. The van der Waals surface area contributed by atoms with Gasteiger partial charge in [-0.3, -0.25) is 14.9 Å². The Morgan fingerprint density at radius 1 is 1.03 bits per heavy atom. The Morgan fingerprint density at radius 2 is 1.78 bits per heavy atom. The van der Waals surface area contributed by atoms with Crippen molar-refractivity contribution in [1.29, 1.82) is 0 Å². The van der Waals surface area contributed by atoms with Gasteiger partial charge in [-0.25, -0.2) is 9.38 Å². The van der Waals surface area contributed by atoms with Crippen LogP contribution in [0.1, 0.15) is 28.0 Å². The van der Waals surface area contributed by atoms with E-state index >= 15 is 0 Å². The van der Waals surface area contributed by atoms with Crippen LogP contribution in [0.25, 0.3) is 33.4 Å². The van der Waals surface area contributed by atoms with Gasteiger partial charge >= 0.3 is 0 Å². The SMILES string of the molecule is Cc1cc2nc3s/c(=C\c4ccc(-c5cc(C)c([N+](=O)[O-])cc5C)o4)c(=O)n3c2cc1C. The van der Waals surface area contributed by atoms with Crippen LogP contribution in [0.2, 0.25) is 0 Å². The molecule has 0 atom stereocenters. The number of nitrogens with zero attached hydrogens (tertiary/aromatic N) is 3. The summed E-state index contributed by atoms with van der Waals surface area (Å²) in [5, 5.41) is 11.2. The molecule has 5 rings (SSSR count). The van der Waals surface area contributed by atoms with E-state index in [0.717, 1.165) is 33.3 Å². The zero-order valence-electron chi connectivity index (χ0n) is 17.9. The van der Waals surface area contributed by atoms with Crippen molar-refractivity contribution in [3.63, 3.8) is 0 Å². The van der Waals surface area contributed by atoms with Gasteiger partial charge in [0.05, 0.1) is 16.0 Å². The lowest BCUT2D eigenvalue weighted by Crippen LogP contribution is -2.22. The molecule has 8 heteroatoms. The van der Waals surface area contributed by atoms with E-state index < -0.39 is 0 Å². The minimum Gasteiger partial charge on any atom is -0.457 e. The quantitative estimate of drug-likeness (QED) is 0.292. The van der Waals surface area contributed by atoms with E-state index in [4.69, 9.17) is 4.42 Å². The van der Waals surface area contributed by atoms with Crippen LogP contribution in [0, 0.1) is 37.8 Å². The molecule has 0 radical (unpaired) electrons. The maximum absolute atomic E-state index is 13.1. The number of benzene rings is 2. The molecule has 3 aromatic heterocycles. The predicted octanol–water partition coefficient (Wildman–Crippen LogP) is 4.86. The Balaban J connectivity index is 1.60. The molecule has 7 nitrogen and oxygen atoms in total. The van der Waals surface area contributed by atoms with E-state index in [2.05, 4.69) is 4.98 Å². The molecule has 0 bridgehead atoms. The number of aromatic nitrogens is 2. The summed E-state index contributed by atoms with van der Waals surface area (Å²) >= 11 is 1.32. The monoisotopic (exact) mass is 445 g/mol. The molecule has 0 N–H and O–H groups in total. The third-order valence-corrected chi connectivity index (χ3v) is 6.73. The van der Waals surface area contributed by atoms with Crippen molar-refractivity contribution in [2.45, 2.75) is 27.7 Å². The zero-order valence-corrected chi connectivity index (χ0v) is 18.7. The standard InChI is InChI=1S/C24H19N3O4S/c1-12-8-18-20(9-13(12)2)26-23(28)22(32-24(26)25-18)11-16-5-6-21(31-16)17-7-15(4)19(27(29)30)10-14(17)3/h5-11H,1-4H3/b22-11-. The smallest absolute Gasteiger partial charge is 0.275 e. The van der Waals surface area contributed by atoms with Gasteiger partial charge in [-0.2, -0.15) is 0 Å². The third kappa shape index (κ3) is 3.11. The normalized spacial score (nSPS) is 12.3. The molecule has 0 fully saturated rings. The molecular weight excluding hydrogens is 426 g/mol. The zero-order chi connectivity index (χ0) is 22.7. The largest absolute Gasteiger partial charge is 0.457 e. The summed E-state index contributed by atoms with van der Waals surface area (Å²) < 4.78 is 8.15. The van der Waals surface area contributed by atoms with Crippen molar-refractivity contribution >= 4 is 39.1 Å². The van der Waals surface area contributed by atoms with Crippen LogP contribution < -0.4 is 10.1 Å². The molecule has 0 aliphatic rings. The average Bonchev–Trinajstić information content (AvgIpc) is 3.40. The Kier molecular flexibility index (Phi) is 4.49. The Morgan fingerprint density at radius 3 is 2.53 bits per heavy atom. The predicted molar refractivity (Wildman–Crippen MR) is 125 cm³/mol. The topological polar surface area (TPSA) is 90.7 Å². The summed E-state index contributed by atoms with van der Waals surface area (Å²) in [6.07, 6.45) is 1.71. The van der Waals surface area contributed by atoms with Gasteiger partial charge in [-0.05, 0) is 74.7 Å². The number of thiazole rings is 1. The molecule has 0 saturated heterocycles. The van der Waals surface area contributed by atoms with E-state index in [0.29, 0.717) is 26.6 Å². The average molecular weight is 446 g/mol. The fraction of sp³-hybridized carbons (Fsp3) is 0.167. The molecule has 160 valence electrons. The second kappa shape index (κ2) is 7.13. The highest BCUT2D eigenvalue weighted by atomic mass is 32.1. The Hall–Kier alpha value is -3.78. The Bertz CT molecular complexity index is 1670. The fourth-order valence-electron chi connectivity index (χ4n) is 3.89. The van der Waals surface area contributed by atoms with Crippen LogP contribution in [0.4, 0.5) is 5.69 Å². The van der Waals surface area contributed by atoms with Gasteiger partial charge in [0, 0.05) is 23.3 Å². The summed E-state index contributed by atoms with van der Waals surface area (Å²) in [7, 11) is 0. The van der Waals surface area contributed by atoms with Crippen LogP contribution in [-0.2, 0) is 0 Å². The van der Waals surface area contributed by atoms with Crippen molar-refractivity contribution in [2.24, 2.45) is 0 Å². The van der Waals surface area contributed by atoms with E-state index in [1.807, 2.05) is 39.0 Å². The number of nitro groups is 1. The van der Waals surface area contributed by atoms with Crippen molar-refractivity contribution in [1.82, 2.24) is 9.38 Å². The highest BCUT2D eigenvalue weighted by Gasteiger charge is 2.17. The molecule has 0 unspecified atom stereocenters. The lowest BCUT2D eigenvalue weighted by atomic mass is 10.0. The van der Waals surface area contributed by atoms with Crippen LogP contribution in [0.15, 0.2) is 45.6 Å². The Labute approximate surface area is 186 Å². The summed E-state index contributed by atoms with van der Waals surface area (Å²) in [6.45, 7) is 7.56. The third-order valence-electron chi connectivity index (χ3n) is 5.76. The first-order chi connectivity index (χ1) is 15.2. The first-order valence-corrected chi connectivity index (χ1v) is 10.8. The van der Waals surface area contributed by atoms with Crippen molar-refractivity contribution in [3.05, 3.63) is 89.4 Å². The number of furan rings is 1. The molecule has 0 amide bonds. The number of aryl methyl sites for hydroxylation is 4. The van der Waals surface area contributed by atoms with Crippen molar-refractivity contribution in [2.75, 3.05) is 0 Å². The summed E-state index contributed by atoms with van der Waals surface area (Å²) in [5.41, 5.74) is 5.93. The maximum atomic E-state index is 13.1. The molecule has 0 aliphatic heterocycles. The van der Waals surface area contributed by atoms with Crippen LogP contribution in [0.5, 0.6) is 0 Å². The van der Waals surface area contributed by atoms with Gasteiger partial charge < -0.3 is 4.42 Å². The van der Waals surface area contributed by atoms with Crippen LogP contribution in [-0.4, -0.2) is 14.3 Å². The first-order valence-electron chi connectivity index (χ1n) is 10.0. The molecule has 32 heavy (non-hydrogen) atoms. The summed E-state index contributed by atoms with van der Waals surface area (Å²) in [6, 6.07) is 10.9. The first kappa shape index (κ1) is 20.1. The highest BCUT2D eigenvalue weighted by molar-refractivity contribution is 7.15. The molecule has 0 saturated carbocycles. The molecule has 5 aromatic rings. The number of imidazole rings is 1. The fourth-order valence-corrected chi connectivity index (χ4v) is 4.85. The number of fused-ring (bicyclic) bond motifs is 3. The lowest BCUT2D eigenvalue weighted by Gasteiger charge is -2.05. The summed E-state index contributed by atoms with van der Waals surface area (Å²) in [5.74, 6) is 1.13. The van der Waals surface area contributed by atoms with Crippen molar-refractivity contribution in [3.8, 4) is 11.3 Å². The molecule has 2 aromatic carbocycles. The van der Waals surface area contributed by atoms with Gasteiger partial charge in [0.15, 0.2) is 4.96 Å². The van der Waals surface area contributed by atoms with Crippen LogP contribution >= 0.6 is 11.3 Å². The minimum absolute atomic E-state index is 0.0835.